The van der Waals surface area contributed by atoms with Gasteiger partial charge in [-0.1, -0.05) is 42.1 Å². The molecule has 26 heavy (non-hydrogen) atoms. The van der Waals surface area contributed by atoms with Gasteiger partial charge < -0.3 is 4.74 Å². The van der Waals surface area contributed by atoms with Gasteiger partial charge in [-0.05, 0) is 29.8 Å². The van der Waals surface area contributed by atoms with Gasteiger partial charge in [0.15, 0.2) is 5.12 Å². The number of amides is 2. The van der Waals surface area contributed by atoms with Crippen LogP contribution in [-0.2, 0) is 20.9 Å². The van der Waals surface area contributed by atoms with E-state index in [1.54, 1.807) is 0 Å². The van der Waals surface area contributed by atoms with E-state index in [-0.39, 0.29) is 29.9 Å². The van der Waals surface area contributed by atoms with Gasteiger partial charge >= 0.3 is 0 Å². The lowest BCUT2D eigenvalue weighted by atomic mass is 10.1. The number of likely N-dealkylation sites (tertiary alicyclic amines) is 1. The van der Waals surface area contributed by atoms with Gasteiger partial charge in [0, 0.05) is 19.1 Å². The average molecular weight is 369 g/mol. The van der Waals surface area contributed by atoms with E-state index < -0.39 is 5.92 Å². The molecule has 0 spiro atoms. The molecule has 0 saturated carbocycles. The largest absolute Gasteiger partial charge is 0.457 e. The smallest absolute Gasteiger partial charge is 0.233 e. The summed E-state index contributed by atoms with van der Waals surface area (Å²) >= 11 is 1.09. The van der Waals surface area contributed by atoms with Crippen LogP contribution in [0.15, 0.2) is 54.6 Å². The number of nitrogens with zero attached hydrogens (tertiary/aromatic N) is 1. The number of rotatable bonds is 6. The number of hydrogen-bond acceptors (Lipinski definition) is 5. The second kappa shape index (κ2) is 8.19. The molecule has 0 bridgehead atoms. The van der Waals surface area contributed by atoms with Crippen molar-refractivity contribution in [2.24, 2.45) is 5.92 Å². The summed E-state index contributed by atoms with van der Waals surface area (Å²) in [6, 6.07) is 16.8. The van der Waals surface area contributed by atoms with Gasteiger partial charge in [0.1, 0.15) is 11.5 Å². The molecular weight excluding hydrogens is 350 g/mol. The molecule has 1 aliphatic heterocycles. The maximum absolute atomic E-state index is 12.4. The molecule has 134 valence electrons. The van der Waals surface area contributed by atoms with Gasteiger partial charge in [0.2, 0.25) is 11.8 Å². The minimum absolute atomic E-state index is 0.0438. The number of para-hydroxylation sites is 1. The van der Waals surface area contributed by atoms with Gasteiger partial charge in [-0.15, -0.1) is 0 Å². The summed E-state index contributed by atoms with van der Waals surface area (Å²) in [5, 5.41) is -0.0438. The van der Waals surface area contributed by atoms with Crippen molar-refractivity contribution >= 4 is 28.7 Å². The zero-order valence-electron chi connectivity index (χ0n) is 14.4. The molecule has 0 aromatic heterocycles. The summed E-state index contributed by atoms with van der Waals surface area (Å²) in [4.78, 5) is 36.9. The van der Waals surface area contributed by atoms with E-state index in [4.69, 9.17) is 4.74 Å². The second-order valence-electron chi connectivity index (χ2n) is 6.08. The molecule has 2 amide bonds. The number of benzene rings is 2. The second-order valence-corrected chi connectivity index (χ2v) is 7.28. The van der Waals surface area contributed by atoms with Gasteiger partial charge in [0.25, 0.3) is 0 Å². The van der Waals surface area contributed by atoms with Crippen LogP contribution in [0.3, 0.4) is 0 Å². The first kappa shape index (κ1) is 18.2. The van der Waals surface area contributed by atoms with Gasteiger partial charge in [-0.3, -0.25) is 19.3 Å². The third-order valence-electron chi connectivity index (χ3n) is 4.07. The number of hydrogen-bond donors (Lipinski definition) is 0. The highest BCUT2D eigenvalue weighted by atomic mass is 32.2. The average Bonchev–Trinajstić information content (AvgIpc) is 2.90. The monoisotopic (exact) mass is 369 g/mol. The van der Waals surface area contributed by atoms with Crippen LogP contribution in [0.2, 0.25) is 0 Å². The fraction of sp³-hybridized carbons (Fsp3) is 0.250. The SMILES string of the molecule is CC(=O)SCC1CC(=O)N(Cc2ccc(Oc3ccccc3)cc2)C1=O. The molecule has 1 unspecified atom stereocenters. The molecular formula is C20H19NO4S. The first-order valence-corrected chi connectivity index (χ1v) is 9.31. The first-order chi connectivity index (χ1) is 12.5. The van der Waals surface area contributed by atoms with Crippen LogP contribution in [0, 0.1) is 5.92 Å². The number of ether oxygens (including phenoxy) is 1. The lowest BCUT2D eigenvalue weighted by Gasteiger charge is -2.15. The van der Waals surface area contributed by atoms with Crippen LogP contribution in [0.1, 0.15) is 18.9 Å². The van der Waals surface area contributed by atoms with Crippen molar-refractivity contribution in [3.8, 4) is 11.5 Å². The van der Waals surface area contributed by atoms with E-state index in [1.807, 2.05) is 54.6 Å². The third kappa shape index (κ3) is 4.52. The highest BCUT2D eigenvalue weighted by molar-refractivity contribution is 8.13. The Bertz CT molecular complexity index is 804. The Hall–Kier alpha value is -2.60. The van der Waals surface area contributed by atoms with Crippen LogP contribution >= 0.6 is 11.8 Å². The highest BCUT2D eigenvalue weighted by Crippen LogP contribution is 2.26. The lowest BCUT2D eigenvalue weighted by molar-refractivity contribution is -0.139. The zero-order valence-corrected chi connectivity index (χ0v) is 15.2. The number of thioether (sulfide) groups is 1. The van der Waals surface area contributed by atoms with Crippen molar-refractivity contribution in [3.63, 3.8) is 0 Å². The normalized spacial score (nSPS) is 16.8. The van der Waals surface area contributed by atoms with Crippen LogP contribution in [0.5, 0.6) is 11.5 Å². The molecule has 1 atom stereocenters. The number of carbonyl (C=O) groups is 3. The molecule has 1 saturated heterocycles. The zero-order chi connectivity index (χ0) is 18.5. The predicted molar refractivity (Wildman–Crippen MR) is 99.8 cm³/mol. The van der Waals surface area contributed by atoms with E-state index in [0.29, 0.717) is 11.5 Å². The van der Waals surface area contributed by atoms with Gasteiger partial charge in [0.05, 0.1) is 12.5 Å². The van der Waals surface area contributed by atoms with E-state index >= 15 is 0 Å². The summed E-state index contributed by atoms with van der Waals surface area (Å²) < 4.78 is 5.73. The summed E-state index contributed by atoms with van der Waals surface area (Å²) in [5.41, 5.74) is 0.854. The van der Waals surface area contributed by atoms with E-state index in [0.717, 1.165) is 23.1 Å². The van der Waals surface area contributed by atoms with Crippen LogP contribution in [0.25, 0.3) is 0 Å². The van der Waals surface area contributed by atoms with Crippen molar-refractivity contribution in [1.82, 2.24) is 4.90 Å². The van der Waals surface area contributed by atoms with Gasteiger partial charge in [-0.2, -0.15) is 0 Å². The van der Waals surface area contributed by atoms with E-state index in [2.05, 4.69) is 0 Å². The Labute approximate surface area is 156 Å². The molecule has 6 heteroatoms. The highest BCUT2D eigenvalue weighted by Gasteiger charge is 2.38. The Morgan fingerprint density at radius 3 is 2.38 bits per heavy atom. The molecule has 1 heterocycles. The molecule has 2 aromatic carbocycles. The molecule has 0 N–H and O–H groups in total. The summed E-state index contributed by atoms with van der Waals surface area (Å²) in [6.45, 7) is 1.70. The van der Waals surface area contributed by atoms with E-state index in [1.165, 1.54) is 11.8 Å². The van der Waals surface area contributed by atoms with Crippen molar-refractivity contribution in [2.45, 2.75) is 19.9 Å². The maximum Gasteiger partial charge on any atom is 0.233 e. The summed E-state index contributed by atoms with van der Waals surface area (Å²) in [5.74, 6) is 1.00. The van der Waals surface area contributed by atoms with Gasteiger partial charge in [-0.25, -0.2) is 0 Å². The standard InChI is InChI=1S/C20H19NO4S/c1-14(22)26-13-16-11-19(23)21(20(16)24)12-15-7-9-18(10-8-15)25-17-5-3-2-4-6-17/h2-10,16H,11-13H2,1H3. The first-order valence-electron chi connectivity index (χ1n) is 8.32. The molecule has 5 nitrogen and oxygen atoms in total. The van der Waals surface area contributed by atoms with E-state index in [9.17, 15) is 14.4 Å². The maximum atomic E-state index is 12.4. The number of imide groups is 1. The lowest BCUT2D eigenvalue weighted by Crippen LogP contribution is -2.30. The third-order valence-corrected chi connectivity index (χ3v) is 5.04. The molecule has 3 rings (SSSR count). The summed E-state index contributed by atoms with van der Waals surface area (Å²) in [7, 11) is 0. The van der Waals surface area contributed by atoms with Crippen molar-refractivity contribution in [1.29, 1.82) is 0 Å². The van der Waals surface area contributed by atoms with Crippen LogP contribution in [0.4, 0.5) is 0 Å². The Kier molecular flexibility index (Phi) is 5.73. The topological polar surface area (TPSA) is 63.7 Å². The summed E-state index contributed by atoms with van der Waals surface area (Å²) in [6.07, 6.45) is 0.175. The molecule has 0 aliphatic carbocycles. The fourth-order valence-electron chi connectivity index (χ4n) is 2.74. The van der Waals surface area contributed by atoms with Crippen molar-refractivity contribution in [3.05, 3.63) is 60.2 Å². The molecule has 2 aromatic rings. The molecule has 1 fully saturated rings. The predicted octanol–water partition coefficient (Wildman–Crippen LogP) is 3.63. The van der Waals surface area contributed by atoms with Crippen molar-refractivity contribution < 1.29 is 19.1 Å². The molecule has 0 radical (unpaired) electrons. The van der Waals surface area contributed by atoms with Crippen molar-refractivity contribution in [2.75, 3.05) is 5.75 Å². The van der Waals surface area contributed by atoms with Crippen LogP contribution in [-0.4, -0.2) is 27.6 Å². The fourth-order valence-corrected chi connectivity index (χ4v) is 3.43. The number of carbonyl (C=O) groups excluding carboxylic acids is 3. The Balaban J connectivity index is 1.61. The quantitative estimate of drug-likeness (QED) is 0.728. The van der Waals surface area contributed by atoms with Crippen LogP contribution < -0.4 is 4.74 Å². The minimum atomic E-state index is -0.405. The molecule has 1 aliphatic rings. The minimum Gasteiger partial charge on any atom is -0.457 e. The Morgan fingerprint density at radius 2 is 1.73 bits per heavy atom. The Morgan fingerprint density at radius 1 is 1.08 bits per heavy atom.